The Bertz CT molecular complexity index is 2080. The van der Waals surface area contributed by atoms with E-state index in [1.807, 2.05) is 54.2 Å². The molecule has 3 heteroatoms. The van der Waals surface area contributed by atoms with Gasteiger partial charge in [0, 0.05) is 9.79 Å². The molecular weight excluding hydrogens is 553 g/mol. The van der Waals surface area contributed by atoms with Crippen LogP contribution >= 0.6 is 11.8 Å². The number of hydrogen-bond donors (Lipinski definition) is 2. The van der Waals surface area contributed by atoms with E-state index in [0.29, 0.717) is 11.4 Å². The molecule has 0 unspecified atom stereocenters. The van der Waals surface area contributed by atoms with Gasteiger partial charge in [0.05, 0.1) is 16.8 Å². The summed E-state index contributed by atoms with van der Waals surface area (Å²) in [5.74, 6) is 0. The number of nitrogens with one attached hydrogen (secondary N) is 2. The molecule has 2 aliphatic rings. The molecule has 0 radical (unpaired) electrons. The maximum atomic E-state index is 8.58. The number of allylic oxidation sites excluding steroid dienone is 2. The quantitative estimate of drug-likeness (QED) is 0.196. The third kappa shape index (κ3) is 4.05. The predicted molar refractivity (Wildman–Crippen MR) is 183 cm³/mol. The van der Waals surface area contributed by atoms with Gasteiger partial charge in [0.15, 0.2) is 0 Å². The molecule has 0 atom stereocenters. The van der Waals surface area contributed by atoms with Gasteiger partial charge in [-0.3, -0.25) is 0 Å². The minimum Gasteiger partial charge on any atom is -0.300 e. The van der Waals surface area contributed by atoms with Gasteiger partial charge in [0.2, 0.25) is 0 Å². The molecule has 1 heterocycles. The van der Waals surface area contributed by atoms with E-state index in [1.165, 1.54) is 43.2 Å². The van der Waals surface area contributed by atoms with Crippen molar-refractivity contribution >= 4 is 23.2 Å². The van der Waals surface area contributed by atoms with Crippen LogP contribution in [0.3, 0.4) is 0 Å². The van der Waals surface area contributed by atoms with Gasteiger partial charge in [-0.25, -0.2) is 0 Å². The van der Waals surface area contributed by atoms with Crippen LogP contribution in [0.25, 0.3) is 22.3 Å². The Hall–Kier alpha value is -5.25. The molecule has 1 aliphatic carbocycles. The fraction of sp³-hybridized carbons (Fsp3) is 0.0244. The molecule has 0 saturated carbocycles. The number of benzene rings is 6. The number of hydrogen-bond acceptors (Lipinski definition) is 3. The van der Waals surface area contributed by atoms with E-state index >= 15 is 0 Å². The van der Waals surface area contributed by atoms with Crippen molar-refractivity contribution < 1.29 is 0 Å². The van der Waals surface area contributed by atoms with Gasteiger partial charge in [-0.05, 0) is 79.9 Å². The third-order valence-corrected chi connectivity index (χ3v) is 10.0. The molecule has 1 spiro atoms. The van der Waals surface area contributed by atoms with Crippen molar-refractivity contribution in [1.29, 1.82) is 10.8 Å². The van der Waals surface area contributed by atoms with E-state index in [-0.39, 0.29) is 5.41 Å². The molecule has 1 aliphatic heterocycles. The topological polar surface area (TPSA) is 47.7 Å². The minimum absolute atomic E-state index is 0.359. The lowest BCUT2D eigenvalue weighted by Gasteiger charge is -2.39. The second-order valence-electron chi connectivity index (χ2n) is 11.3. The summed E-state index contributed by atoms with van der Waals surface area (Å²) in [4.78, 5) is 2.56. The van der Waals surface area contributed by atoms with E-state index in [1.54, 1.807) is 12.2 Å². The van der Waals surface area contributed by atoms with Crippen molar-refractivity contribution in [3.05, 3.63) is 191 Å². The zero-order valence-corrected chi connectivity index (χ0v) is 24.7. The van der Waals surface area contributed by atoms with Crippen molar-refractivity contribution in [2.45, 2.75) is 15.2 Å². The molecule has 0 aromatic heterocycles. The highest BCUT2D eigenvalue weighted by molar-refractivity contribution is 7.99. The highest BCUT2D eigenvalue weighted by Crippen LogP contribution is 2.62. The minimum atomic E-state index is -0.359. The van der Waals surface area contributed by atoms with Crippen molar-refractivity contribution in [1.82, 2.24) is 0 Å². The summed E-state index contributed by atoms with van der Waals surface area (Å²) in [6.45, 7) is 0. The first-order valence-corrected chi connectivity index (χ1v) is 15.6. The highest BCUT2D eigenvalue weighted by atomic mass is 32.2. The number of fused-ring (bicyclic) bond motifs is 9. The van der Waals surface area contributed by atoms with Crippen LogP contribution in [-0.4, -0.2) is 11.4 Å². The summed E-state index contributed by atoms with van der Waals surface area (Å²) >= 11 is 1.85. The number of rotatable bonds is 5. The molecule has 0 saturated heterocycles. The van der Waals surface area contributed by atoms with Crippen LogP contribution in [0.15, 0.2) is 168 Å². The van der Waals surface area contributed by atoms with Crippen LogP contribution in [0, 0.1) is 10.8 Å². The first-order chi connectivity index (χ1) is 21.6. The normalized spacial score (nSPS) is 13.6. The fourth-order valence-electron chi connectivity index (χ4n) is 6.86. The van der Waals surface area contributed by atoms with Crippen LogP contribution in [0.4, 0.5) is 0 Å². The zero-order valence-electron chi connectivity index (χ0n) is 23.9. The smallest absolute Gasteiger partial charge is 0.0735 e. The maximum absolute atomic E-state index is 8.58. The first-order valence-electron chi connectivity index (χ1n) is 14.8. The zero-order chi connectivity index (χ0) is 29.7. The average Bonchev–Trinajstić information content (AvgIpc) is 3.38. The molecule has 208 valence electrons. The maximum Gasteiger partial charge on any atom is 0.0735 e. The fourth-order valence-corrected chi connectivity index (χ4v) is 8.09. The molecule has 2 N–H and O–H groups in total. The Morgan fingerprint density at radius 3 is 1.61 bits per heavy atom. The molecule has 44 heavy (non-hydrogen) atoms. The van der Waals surface area contributed by atoms with Gasteiger partial charge < -0.3 is 10.8 Å². The monoisotopic (exact) mass is 580 g/mol. The van der Waals surface area contributed by atoms with E-state index in [2.05, 4.69) is 103 Å². The molecule has 0 bridgehead atoms. The van der Waals surface area contributed by atoms with Crippen LogP contribution in [0.1, 0.15) is 33.4 Å². The highest BCUT2D eigenvalue weighted by Gasteiger charge is 2.49. The standard InChI is InChI=1S/C41H28N2S/c42-37(28-10-2-1-3-11-28)24-25-38(43)29-20-18-27(19-21-29)30-22-23-36-40(26-30)44-39-17-9-8-16-35(39)41(36)33-14-6-4-12-31(33)32-13-5-7-15-34(32)41/h1-26,42-43H/b25-24-,42-37?,43-38?. The summed E-state index contributed by atoms with van der Waals surface area (Å²) in [7, 11) is 0. The van der Waals surface area contributed by atoms with Crippen molar-refractivity contribution in [3.8, 4) is 22.3 Å². The van der Waals surface area contributed by atoms with E-state index in [9.17, 15) is 0 Å². The Morgan fingerprint density at radius 2 is 0.955 bits per heavy atom. The second kappa shape index (κ2) is 10.5. The first kappa shape index (κ1) is 26.4. The largest absolute Gasteiger partial charge is 0.300 e. The lowest BCUT2D eigenvalue weighted by Crippen LogP contribution is -2.31. The van der Waals surface area contributed by atoms with Crippen molar-refractivity contribution in [2.24, 2.45) is 0 Å². The second-order valence-corrected chi connectivity index (χ2v) is 12.3. The molecule has 0 amide bonds. The van der Waals surface area contributed by atoms with Crippen LogP contribution < -0.4 is 0 Å². The van der Waals surface area contributed by atoms with E-state index in [4.69, 9.17) is 10.8 Å². The van der Waals surface area contributed by atoms with E-state index in [0.717, 1.165) is 22.3 Å². The third-order valence-electron chi connectivity index (χ3n) is 8.88. The lowest BCUT2D eigenvalue weighted by molar-refractivity contribution is 0.722. The molecule has 8 rings (SSSR count). The molecule has 2 nitrogen and oxygen atoms in total. The molecule has 6 aromatic rings. The van der Waals surface area contributed by atoms with Gasteiger partial charge in [-0.2, -0.15) is 0 Å². The van der Waals surface area contributed by atoms with E-state index < -0.39 is 0 Å². The Balaban J connectivity index is 1.17. The van der Waals surface area contributed by atoms with Gasteiger partial charge in [-0.15, -0.1) is 0 Å². The van der Waals surface area contributed by atoms with Crippen molar-refractivity contribution in [2.75, 3.05) is 0 Å². The Morgan fingerprint density at radius 1 is 0.455 bits per heavy atom. The van der Waals surface area contributed by atoms with Gasteiger partial charge in [0.1, 0.15) is 0 Å². The average molecular weight is 581 g/mol. The summed E-state index contributed by atoms with van der Waals surface area (Å²) in [5.41, 5.74) is 12.3. The molecular formula is C41H28N2S. The van der Waals surface area contributed by atoms with Gasteiger partial charge >= 0.3 is 0 Å². The lowest BCUT2D eigenvalue weighted by atomic mass is 9.67. The molecule has 0 fully saturated rings. The van der Waals surface area contributed by atoms with Crippen molar-refractivity contribution in [3.63, 3.8) is 0 Å². The van der Waals surface area contributed by atoms with Crippen LogP contribution in [0.5, 0.6) is 0 Å². The molecule has 6 aromatic carbocycles. The summed E-state index contributed by atoms with van der Waals surface area (Å²) < 4.78 is 0. The van der Waals surface area contributed by atoms with Crippen LogP contribution in [-0.2, 0) is 5.41 Å². The predicted octanol–water partition coefficient (Wildman–Crippen LogP) is 10.2. The van der Waals surface area contributed by atoms with Crippen LogP contribution in [0.2, 0.25) is 0 Å². The SMILES string of the molecule is N=C(/C=C\C(=N)c1ccc(-c2ccc3c(c2)Sc2ccccc2C32c3ccccc3-c3ccccc32)cc1)c1ccccc1. The van der Waals surface area contributed by atoms with Gasteiger partial charge in [-0.1, -0.05) is 145 Å². The summed E-state index contributed by atoms with van der Waals surface area (Å²) in [6.07, 6.45) is 3.40. The van der Waals surface area contributed by atoms with Gasteiger partial charge in [0.25, 0.3) is 0 Å². The summed E-state index contributed by atoms with van der Waals surface area (Å²) in [5, 5.41) is 16.9. The Labute approximate surface area is 261 Å². The Kier molecular flexibility index (Phi) is 6.28. The summed E-state index contributed by atoms with van der Waals surface area (Å²) in [6, 6.07) is 51.4.